The van der Waals surface area contributed by atoms with Gasteiger partial charge in [-0.1, -0.05) is 41.9 Å². The fourth-order valence-corrected chi connectivity index (χ4v) is 4.31. The molecule has 2 aliphatic heterocycles. The lowest BCUT2D eigenvalue weighted by Gasteiger charge is -2.37. The van der Waals surface area contributed by atoms with Crippen LogP contribution in [0.5, 0.6) is 0 Å². The number of carbonyl (C=O) groups excluding carboxylic acids is 1. The molecule has 0 N–H and O–H groups in total. The Morgan fingerprint density at radius 2 is 2.00 bits per heavy atom. The van der Waals surface area contributed by atoms with E-state index in [0.29, 0.717) is 24.0 Å². The maximum atomic E-state index is 12.5. The summed E-state index contributed by atoms with van der Waals surface area (Å²) in [5.41, 5.74) is 1.94. The van der Waals surface area contributed by atoms with Crippen molar-refractivity contribution in [2.45, 2.75) is 12.3 Å². The van der Waals surface area contributed by atoms with Crippen LogP contribution < -0.4 is 0 Å². The normalized spacial score (nSPS) is 20.5. The molecular weight excluding hydrogens is 390 g/mol. The van der Waals surface area contributed by atoms with E-state index >= 15 is 0 Å². The summed E-state index contributed by atoms with van der Waals surface area (Å²) in [6.45, 7) is 1.80. The van der Waals surface area contributed by atoms with Gasteiger partial charge in [-0.25, -0.2) is 9.67 Å². The van der Waals surface area contributed by atoms with Gasteiger partial charge in [0.05, 0.1) is 18.8 Å². The van der Waals surface area contributed by atoms with E-state index < -0.39 is 5.72 Å². The van der Waals surface area contributed by atoms with Gasteiger partial charge in [-0.15, -0.1) is 5.10 Å². The maximum absolute atomic E-state index is 12.5. The Kier molecular flexibility index (Phi) is 4.20. The molecule has 2 aliphatic rings. The molecule has 148 valence electrons. The zero-order valence-electron chi connectivity index (χ0n) is 16.2. The Bertz CT molecular complexity index is 1100. The van der Waals surface area contributed by atoms with E-state index in [1.54, 1.807) is 18.8 Å². The predicted octanol–water partition coefficient (Wildman–Crippen LogP) is 2.67. The van der Waals surface area contributed by atoms with Gasteiger partial charge in [0.25, 0.3) is 5.91 Å². The lowest BCUT2D eigenvalue weighted by atomic mass is 9.92. The van der Waals surface area contributed by atoms with Gasteiger partial charge >= 0.3 is 0 Å². The standard InChI is InChI=1S/C21H20ClN5O2/c1-25(2)20(28)19-23-18-13-26-10-11-29-21(26,14-6-4-3-5-7-14)16-12-15(22)8-9-17(16)27(18)24-19/h3-9,12H,10-11,13H2,1-2H3. The third kappa shape index (κ3) is 2.69. The molecule has 8 heteroatoms. The molecule has 1 saturated heterocycles. The van der Waals surface area contributed by atoms with Gasteiger partial charge in [0.15, 0.2) is 5.72 Å². The molecule has 1 aromatic heterocycles. The van der Waals surface area contributed by atoms with Crippen LogP contribution in [0.25, 0.3) is 5.69 Å². The minimum atomic E-state index is -0.782. The van der Waals surface area contributed by atoms with Gasteiger partial charge in [-0.05, 0) is 18.2 Å². The van der Waals surface area contributed by atoms with Crippen LogP contribution in [0.1, 0.15) is 27.6 Å². The average Bonchev–Trinajstić information content (AvgIpc) is 3.31. The first kappa shape index (κ1) is 18.3. The summed E-state index contributed by atoms with van der Waals surface area (Å²) in [4.78, 5) is 20.7. The first-order valence-corrected chi connectivity index (χ1v) is 9.81. The van der Waals surface area contributed by atoms with Gasteiger partial charge in [0, 0.05) is 36.8 Å². The number of nitrogens with zero attached hydrogens (tertiary/aromatic N) is 5. The quantitative estimate of drug-likeness (QED) is 0.651. The molecule has 29 heavy (non-hydrogen) atoms. The van der Waals surface area contributed by atoms with Gasteiger partial charge in [0.2, 0.25) is 5.82 Å². The van der Waals surface area contributed by atoms with Crippen LogP contribution in [-0.2, 0) is 17.0 Å². The number of carbonyl (C=O) groups is 1. The Hall–Kier alpha value is -2.74. The minimum Gasteiger partial charge on any atom is -0.350 e. The molecule has 0 bridgehead atoms. The number of hydrogen-bond acceptors (Lipinski definition) is 5. The highest BCUT2D eigenvalue weighted by Crippen LogP contribution is 2.46. The Morgan fingerprint density at radius 1 is 1.21 bits per heavy atom. The summed E-state index contributed by atoms with van der Waals surface area (Å²) < 4.78 is 8.18. The van der Waals surface area contributed by atoms with Crippen LogP contribution in [0.2, 0.25) is 5.02 Å². The molecule has 3 heterocycles. The second kappa shape index (κ2) is 6.66. The van der Waals surface area contributed by atoms with Crippen molar-refractivity contribution >= 4 is 17.5 Å². The summed E-state index contributed by atoms with van der Waals surface area (Å²) in [6, 6.07) is 15.8. The minimum absolute atomic E-state index is 0.179. The molecule has 7 nitrogen and oxygen atoms in total. The second-order valence-electron chi connectivity index (χ2n) is 7.40. The highest BCUT2D eigenvalue weighted by atomic mass is 35.5. The summed E-state index contributed by atoms with van der Waals surface area (Å²) in [7, 11) is 3.38. The summed E-state index contributed by atoms with van der Waals surface area (Å²) in [6.07, 6.45) is 0. The number of rotatable bonds is 2. The first-order chi connectivity index (χ1) is 14.0. The number of fused-ring (bicyclic) bond motifs is 5. The van der Waals surface area contributed by atoms with Crippen LogP contribution in [0.15, 0.2) is 48.5 Å². The Morgan fingerprint density at radius 3 is 2.76 bits per heavy atom. The third-order valence-corrected chi connectivity index (χ3v) is 5.67. The van der Waals surface area contributed by atoms with Crippen LogP contribution in [-0.4, -0.2) is 57.7 Å². The van der Waals surface area contributed by atoms with E-state index in [0.717, 1.165) is 23.4 Å². The molecule has 5 rings (SSSR count). The van der Waals surface area contributed by atoms with Crippen molar-refractivity contribution in [3.8, 4) is 5.69 Å². The molecule has 3 aromatic rings. The first-order valence-electron chi connectivity index (χ1n) is 9.43. The number of amides is 1. The van der Waals surface area contributed by atoms with Crippen molar-refractivity contribution in [2.75, 3.05) is 27.2 Å². The molecule has 0 radical (unpaired) electrons. The summed E-state index contributed by atoms with van der Waals surface area (Å²) in [5.74, 6) is 0.647. The highest BCUT2D eigenvalue weighted by molar-refractivity contribution is 6.30. The van der Waals surface area contributed by atoms with Crippen molar-refractivity contribution in [1.29, 1.82) is 0 Å². The van der Waals surface area contributed by atoms with Crippen molar-refractivity contribution in [2.24, 2.45) is 0 Å². The molecular formula is C21H20ClN5O2. The summed E-state index contributed by atoms with van der Waals surface area (Å²) in [5, 5.41) is 5.16. The molecule has 0 saturated carbocycles. The number of benzene rings is 2. The van der Waals surface area contributed by atoms with E-state index in [9.17, 15) is 4.79 Å². The maximum Gasteiger partial charge on any atom is 0.293 e. The average molecular weight is 410 g/mol. The van der Waals surface area contributed by atoms with E-state index in [4.69, 9.17) is 16.3 Å². The fraction of sp³-hybridized carbons (Fsp3) is 0.286. The monoisotopic (exact) mass is 409 g/mol. The van der Waals surface area contributed by atoms with Gasteiger partial charge < -0.3 is 9.64 Å². The second-order valence-corrected chi connectivity index (χ2v) is 7.84. The number of hydrogen-bond donors (Lipinski definition) is 0. The number of ether oxygens (including phenoxy) is 1. The van der Waals surface area contributed by atoms with Crippen LogP contribution in [0, 0.1) is 0 Å². The zero-order chi connectivity index (χ0) is 20.2. The molecule has 1 amide bonds. The number of aromatic nitrogens is 3. The third-order valence-electron chi connectivity index (χ3n) is 5.44. The van der Waals surface area contributed by atoms with E-state index in [1.165, 1.54) is 4.90 Å². The number of halogens is 1. The van der Waals surface area contributed by atoms with Crippen LogP contribution in [0.4, 0.5) is 0 Å². The Labute approximate surface area is 173 Å². The van der Waals surface area contributed by atoms with Crippen molar-refractivity contribution in [1.82, 2.24) is 24.6 Å². The molecule has 2 aromatic carbocycles. The van der Waals surface area contributed by atoms with Gasteiger partial charge in [-0.3, -0.25) is 9.69 Å². The van der Waals surface area contributed by atoms with E-state index in [-0.39, 0.29) is 11.7 Å². The van der Waals surface area contributed by atoms with Crippen molar-refractivity contribution in [3.63, 3.8) is 0 Å². The van der Waals surface area contributed by atoms with Crippen molar-refractivity contribution in [3.05, 3.63) is 76.3 Å². The van der Waals surface area contributed by atoms with Gasteiger partial charge in [0.1, 0.15) is 5.82 Å². The lowest BCUT2D eigenvalue weighted by Crippen LogP contribution is -2.42. The van der Waals surface area contributed by atoms with E-state index in [1.807, 2.05) is 36.4 Å². The van der Waals surface area contributed by atoms with E-state index in [2.05, 4.69) is 27.1 Å². The smallest absolute Gasteiger partial charge is 0.293 e. The topological polar surface area (TPSA) is 63.5 Å². The summed E-state index contributed by atoms with van der Waals surface area (Å²) >= 11 is 6.41. The van der Waals surface area contributed by atoms with Crippen LogP contribution in [0.3, 0.4) is 0 Å². The lowest BCUT2D eigenvalue weighted by molar-refractivity contribution is -0.0551. The van der Waals surface area contributed by atoms with Gasteiger partial charge in [-0.2, -0.15) is 0 Å². The molecule has 0 spiro atoms. The highest BCUT2D eigenvalue weighted by Gasteiger charge is 2.49. The molecule has 1 atom stereocenters. The Balaban J connectivity index is 1.77. The predicted molar refractivity (Wildman–Crippen MR) is 108 cm³/mol. The molecule has 1 fully saturated rings. The molecule has 1 unspecified atom stereocenters. The van der Waals surface area contributed by atoms with Crippen molar-refractivity contribution < 1.29 is 9.53 Å². The largest absolute Gasteiger partial charge is 0.350 e. The SMILES string of the molecule is CN(C)C(=O)c1nc2n(n1)-c1ccc(Cl)cc1C1(c3ccccc3)OCCN1C2. The molecule has 0 aliphatic carbocycles. The zero-order valence-corrected chi connectivity index (χ0v) is 16.9. The van der Waals surface area contributed by atoms with Crippen LogP contribution >= 0.6 is 11.6 Å². The fourth-order valence-electron chi connectivity index (χ4n) is 4.14.